The van der Waals surface area contributed by atoms with Gasteiger partial charge in [-0.15, -0.1) is 0 Å². The van der Waals surface area contributed by atoms with Crippen molar-refractivity contribution in [3.05, 3.63) is 23.4 Å². The van der Waals surface area contributed by atoms with Crippen molar-refractivity contribution in [2.24, 2.45) is 0 Å². The molecule has 0 saturated carbocycles. The van der Waals surface area contributed by atoms with Crippen LogP contribution < -0.4 is 0 Å². The molecule has 0 radical (unpaired) electrons. The Kier molecular flexibility index (Phi) is 5.18. The van der Waals surface area contributed by atoms with Gasteiger partial charge in [0.15, 0.2) is 0 Å². The van der Waals surface area contributed by atoms with E-state index in [0.29, 0.717) is 0 Å². The maximum Gasteiger partial charge on any atom is 0.0716 e. The normalized spacial score (nSPS) is 14.2. The molecule has 0 spiro atoms. The van der Waals surface area contributed by atoms with Crippen LogP contribution in [0.2, 0.25) is 19.6 Å². The van der Waals surface area contributed by atoms with Gasteiger partial charge in [-0.3, -0.25) is 0 Å². The lowest BCUT2D eigenvalue weighted by atomic mass is 10.3. The lowest BCUT2D eigenvalue weighted by Crippen LogP contribution is -2.21. The van der Waals surface area contributed by atoms with Crippen LogP contribution in [0.25, 0.3) is 0 Å². The summed E-state index contributed by atoms with van der Waals surface area (Å²) in [5, 5.41) is 10.0. The highest BCUT2D eigenvalue weighted by Gasteiger charge is 2.13. The van der Waals surface area contributed by atoms with E-state index in [4.69, 9.17) is 5.11 Å². The van der Waals surface area contributed by atoms with Crippen molar-refractivity contribution in [3.63, 3.8) is 0 Å². The SMILES string of the molecule is C/C(=C\CC=CCO)[Si](C)(C)C. The largest absolute Gasteiger partial charge is 0.392 e. The fourth-order valence-corrected chi connectivity index (χ4v) is 1.45. The van der Waals surface area contributed by atoms with E-state index in [2.05, 4.69) is 32.6 Å². The zero-order valence-electron chi connectivity index (χ0n) is 8.59. The molecule has 0 aliphatic heterocycles. The standard InChI is InChI=1S/C10H20OSi/c1-10(12(2,3)4)8-6-5-7-9-11/h5,7-8,11H,6,9H2,1-4H3/b7-5?,10-8+. The predicted octanol–water partition coefficient (Wildman–Crippen LogP) is 2.75. The number of hydrogen-bond acceptors (Lipinski definition) is 1. The third kappa shape index (κ3) is 5.33. The summed E-state index contributed by atoms with van der Waals surface area (Å²) in [6.45, 7) is 9.39. The Morgan fingerprint density at radius 1 is 1.25 bits per heavy atom. The number of allylic oxidation sites excluding steroid dienone is 3. The van der Waals surface area contributed by atoms with Crippen molar-refractivity contribution in [2.45, 2.75) is 33.0 Å². The highest BCUT2D eigenvalue weighted by Crippen LogP contribution is 2.13. The van der Waals surface area contributed by atoms with E-state index < -0.39 is 8.07 Å². The second kappa shape index (κ2) is 5.33. The zero-order chi connectivity index (χ0) is 9.61. The van der Waals surface area contributed by atoms with Crippen molar-refractivity contribution in [3.8, 4) is 0 Å². The molecule has 0 saturated heterocycles. The molecule has 1 nitrogen and oxygen atoms in total. The molecule has 1 N–H and O–H groups in total. The number of aliphatic hydroxyl groups excluding tert-OH is 1. The van der Waals surface area contributed by atoms with Crippen molar-refractivity contribution < 1.29 is 5.11 Å². The highest BCUT2D eigenvalue weighted by atomic mass is 28.3. The summed E-state index contributed by atoms with van der Waals surface area (Å²) in [6, 6.07) is 0. The first kappa shape index (κ1) is 11.7. The van der Waals surface area contributed by atoms with Crippen molar-refractivity contribution in [1.82, 2.24) is 0 Å². The molecule has 12 heavy (non-hydrogen) atoms. The molecule has 70 valence electrons. The van der Waals surface area contributed by atoms with Crippen molar-refractivity contribution in [2.75, 3.05) is 6.61 Å². The van der Waals surface area contributed by atoms with Crippen LogP contribution in [-0.2, 0) is 0 Å². The Balaban J connectivity index is 3.94. The summed E-state index contributed by atoms with van der Waals surface area (Å²) < 4.78 is 0. The fourth-order valence-electron chi connectivity index (χ4n) is 0.722. The molecule has 0 aromatic rings. The minimum absolute atomic E-state index is 0.153. The lowest BCUT2D eigenvalue weighted by Gasteiger charge is -2.16. The van der Waals surface area contributed by atoms with Gasteiger partial charge >= 0.3 is 0 Å². The summed E-state index contributed by atoms with van der Waals surface area (Å²) in [7, 11) is -1.06. The zero-order valence-corrected chi connectivity index (χ0v) is 9.59. The van der Waals surface area contributed by atoms with Gasteiger partial charge in [-0.25, -0.2) is 0 Å². The maximum absolute atomic E-state index is 8.49. The molecule has 0 bridgehead atoms. The second-order valence-corrected chi connectivity index (χ2v) is 9.32. The van der Waals surface area contributed by atoms with Crippen LogP contribution >= 0.6 is 0 Å². The third-order valence-electron chi connectivity index (χ3n) is 2.02. The van der Waals surface area contributed by atoms with E-state index >= 15 is 0 Å². The van der Waals surface area contributed by atoms with Gasteiger partial charge in [-0.1, -0.05) is 43.1 Å². The topological polar surface area (TPSA) is 20.2 Å². The summed E-state index contributed by atoms with van der Waals surface area (Å²) >= 11 is 0. The smallest absolute Gasteiger partial charge is 0.0716 e. The minimum Gasteiger partial charge on any atom is -0.392 e. The van der Waals surface area contributed by atoms with Crippen LogP contribution in [0.3, 0.4) is 0 Å². The minimum atomic E-state index is -1.06. The lowest BCUT2D eigenvalue weighted by molar-refractivity contribution is 0.342. The molecule has 0 atom stereocenters. The average molecular weight is 184 g/mol. The van der Waals surface area contributed by atoms with Gasteiger partial charge in [0.2, 0.25) is 0 Å². The summed E-state index contributed by atoms with van der Waals surface area (Å²) in [6.07, 6.45) is 7.01. The molecule has 2 heteroatoms. The molecule has 0 heterocycles. The molecule has 0 fully saturated rings. The number of aliphatic hydroxyl groups is 1. The van der Waals surface area contributed by atoms with Crippen LogP contribution in [0, 0.1) is 0 Å². The Morgan fingerprint density at radius 2 is 1.83 bits per heavy atom. The molecule has 0 aliphatic rings. The summed E-state index contributed by atoms with van der Waals surface area (Å²) in [4.78, 5) is 0. The maximum atomic E-state index is 8.49. The molecule has 0 unspecified atom stereocenters. The molecular weight excluding hydrogens is 164 g/mol. The van der Waals surface area contributed by atoms with Gasteiger partial charge < -0.3 is 5.11 Å². The van der Waals surface area contributed by atoms with E-state index in [-0.39, 0.29) is 6.61 Å². The van der Waals surface area contributed by atoms with E-state index in [1.54, 1.807) is 6.08 Å². The first-order chi connectivity index (χ1) is 5.48. The van der Waals surface area contributed by atoms with Crippen molar-refractivity contribution >= 4 is 8.07 Å². The van der Waals surface area contributed by atoms with Crippen molar-refractivity contribution in [1.29, 1.82) is 0 Å². The van der Waals surface area contributed by atoms with Crippen LogP contribution in [0.5, 0.6) is 0 Å². The third-order valence-corrected chi connectivity index (χ3v) is 4.59. The fraction of sp³-hybridized carbons (Fsp3) is 0.600. The van der Waals surface area contributed by atoms with E-state index in [1.165, 1.54) is 5.20 Å². The monoisotopic (exact) mass is 184 g/mol. The van der Waals surface area contributed by atoms with Gasteiger partial charge in [-0.2, -0.15) is 0 Å². The number of hydrogen-bond donors (Lipinski definition) is 1. The first-order valence-corrected chi connectivity index (χ1v) is 7.91. The Morgan fingerprint density at radius 3 is 2.25 bits per heavy atom. The molecular formula is C10H20OSi. The van der Waals surface area contributed by atoms with Gasteiger partial charge in [0.25, 0.3) is 0 Å². The first-order valence-electron chi connectivity index (χ1n) is 4.41. The van der Waals surface area contributed by atoms with Crippen LogP contribution in [0.1, 0.15) is 13.3 Å². The van der Waals surface area contributed by atoms with Gasteiger partial charge in [-0.05, 0) is 13.3 Å². The molecule has 0 aromatic heterocycles. The second-order valence-electron chi connectivity index (χ2n) is 4.03. The number of rotatable bonds is 4. The average Bonchev–Trinajstić information content (AvgIpc) is 1.96. The highest BCUT2D eigenvalue weighted by molar-refractivity contribution is 6.82. The Hall–Kier alpha value is -0.343. The predicted molar refractivity (Wildman–Crippen MR) is 57.9 cm³/mol. The molecule has 0 aliphatic carbocycles. The van der Waals surface area contributed by atoms with Crippen LogP contribution in [-0.4, -0.2) is 19.8 Å². The van der Waals surface area contributed by atoms with Gasteiger partial charge in [0.05, 0.1) is 14.7 Å². The van der Waals surface area contributed by atoms with Crippen LogP contribution in [0.15, 0.2) is 23.4 Å². The summed E-state index contributed by atoms with van der Waals surface area (Å²) in [5.41, 5.74) is 0. The molecule has 0 aromatic carbocycles. The molecule has 0 rings (SSSR count). The van der Waals surface area contributed by atoms with Gasteiger partial charge in [0.1, 0.15) is 0 Å². The van der Waals surface area contributed by atoms with E-state index in [1.807, 2.05) is 6.08 Å². The summed E-state index contributed by atoms with van der Waals surface area (Å²) in [5.74, 6) is 0. The Bertz CT molecular complexity index is 175. The van der Waals surface area contributed by atoms with E-state index in [0.717, 1.165) is 6.42 Å². The van der Waals surface area contributed by atoms with E-state index in [9.17, 15) is 0 Å². The quantitative estimate of drug-likeness (QED) is 0.526. The van der Waals surface area contributed by atoms with Gasteiger partial charge in [0, 0.05) is 0 Å². The van der Waals surface area contributed by atoms with Crippen LogP contribution in [0.4, 0.5) is 0 Å². The molecule has 0 amide bonds. The Labute approximate surface area is 76.8 Å².